The number of pyridine rings is 2. The largest absolute Gasteiger partial charge is 0.383 e. The number of nitriles is 1. The Hall–Kier alpha value is -3.92. The summed E-state index contributed by atoms with van der Waals surface area (Å²) in [5.74, 6) is 0.205. The van der Waals surface area contributed by atoms with Gasteiger partial charge in [-0.1, -0.05) is 0 Å². The lowest BCUT2D eigenvalue weighted by Gasteiger charge is -2.13. The fourth-order valence-corrected chi connectivity index (χ4v) is 3.48. The van der Waals surface area contributed by atoms with Gasteiger partial charge in [-0.25, -0.2) is 4.98 Å². The van der Waals surface area contributed by atoms with Crippen LogP contribution in [-0.2, 0) is 7.05 Å². The molecule has 0 saturated heterocycles. The second-order valence-corrected chi connectivity index (χ2v) is 6.57. The average molecular weight is 369 g/mol. The lowest BCUT2D eigenvalue weighted by atomic mass is 10.0. The van der Waals surface area contributed by atoms with Crippen molar-refractivity contribution in [3.8, 4) is 34.3 Å². The summed E-state index contributed by atoms with van der Waals surface area (Å²) in [7, 11) is 1.90. The molecule has 0 spiro atoms. The van der Waals surface area contributed by atoms with E-state index in [4.69, 9.17) is 5.73 Å². The molecule has 0 unspecified atom stereocenters. The van der Waals surface area contributed by atoms with Gasteiger partial charge in [-0.2, -0.15) is 10.4 Å². The van der Waals surface area contributed by atoms with Gasteiger partial charge in [-0.3, -0.25) is 9.67 Å². The Morgan fingerprint density at radius 2 is 2.00 bits per heavy atom. The van der Waals surface area contributed by atoms with E-state index in [0.29, 0.717) is 11.3 Å². The standard InChI is InChI=1S/C21H19N7/c1-13-20(14(2)27(3)26-13)18-10-16(17(11-22)21(23)25-18)19-7-5-9-28(19)15-6-4-8-24-12-15/h4-10,12H,1-3H3,(H2,23,25). The zero-order valence-electron chi connectivity index (χ0n) is 15.9. The van der Waals surface area contributed by atoms with Crippen molar-refractivity contribution in [2.75, 3.05) is 5.73 Å². The van der Waals surface area contributed by atoms with Crippen LogP contribution in [0, 0.1) is 25.2 Å². The number of nitrogens with zero attached hydrogens (tertiary/aromatic N) is 6. The van der Waals surface area contributed by atoms with Gasteiger partial charge < -0.3 is 10.3 Å². The average Bonchev–Trinajstić information content (AvgIpc) is 3.26. The van der Waals surface area contributed by atoms with Gasteiger partial charge in [0.1, 0.15) is 17.5 Å². The van der Waals surface area contributed by atoms with Crippen molar-refractivity contribution < 1.29 is 0 Å². The van der Waals surface area contributed by atoms with E-state index < -0.39 is 0 Å². The summed E-state index contributed by atoms with van der Waals surface area (Å²) in [5.41, 5.74) is 12.5. The van der Waals surface area contributed by atoms with Crippen LogP contribution in [-0.4, -0.2) is 24.3 Å². The van der Waals surface area contributed by atoms with Gasteiger partial charge in [0.15, 0.2) is 0 Å². The Labute approximate surface area is 162 Å². The number of anilines is 1. The molecule has 0 aromatic carbocycles. The molecule has 0 bridgehead atoms. The predicted octanol–water partition coefficient (Wildman–Crippen LogP) is 3.41. The van der Waals surface area contributed by atoms with Crippen LogP contribution in [0.15, 0.2) is 48.9 Å². The predicted molar refractivity (Wildman–Crippen MR) is 108 cm³/mol. The van der Waals surface area contributed by atoms with Crippen molar-refractivity contribution in [2.45, 2.75) is 13.8 Å². The Balaban J connectivity index is 1.98. The minimum atomic E-state index is 0.205. The summed E-state index contributed by atoms with van der Waals surface area (Å²) in [6.45, 7) is 3.93. The molecule has 0 aliphatic rings. The van der Waals surface area contributed by atoms with Crippen molar-refractivity contribution in [2.24, 2.45) is 7.05 Å². The molecular weight excluding hydrogens is 350 g/mol. The molecule has 0 amide bonds. The first-order valence-corrected chi connectivity index (χ1v) is 8.80. The van der Waals surface area contributed by atoms with Crippen LogP contribution >= 0.6 is 0 Å². The van der Waals surface area contributed by atoms with E-state index >= 15 is 0 Å². The van der Waals surface area contributed by atoms with E-state index in [1.54, 1.807) is 12.4 Å². The highest BCUT2D eigenvalue weighted by molar-refractivity contribution is 5.80. The van der Waals surface area contributed by atoms with Crippen LogP contribution in [0.1, 0.15) is 17.0 Å². The summed E-state index contributed by atoms with van der Waals surface area (Å²) in [5, 5.41) is 14.2. The normalized spacial score (nSPS) is 10.8. The molecular formula is C21H19N7. The zero-order chi connectivity index (χ0) is 19.8. The number of rotatable bonds is 3. The lowest BCUT2D eigenvalue weighted by molar-refractivity contribution is 0.731. The molecule has 4 aromatic rings. The van der Waals surface area contributed by atoms with Gasteiger partial charge in [-0.15, -0.1) is 0 Å². The van der Waals surface area contributed by atoms with Gasteiger partial charge in [0, 0.05) is 36.3 Å². The van der Waals surface area contributed by atoms with E-state index in [1.807, 2.05) is 66.7 Å². The van der Waals surface area contributed by atoms with Crippen LogP contribution in [0.25, 0.3) is 28.2 Å². The molecule has 0 radical (unpaired) electrons. The summed E-state index contributed by atoms with van der Waals surface area (Å²) in [6.07, 6.45) is 5.44. The van der Waals surface area contributed by atoms with Crippen LogP contribution in [0.4, 0.5) is 5.82 Å². The van der Waals surface area contributed by atoms with Gasteiger partial charge >= 0.3 is 0 Å². The smallest absolute Gasteiger partial charge is 0.142 e. The summed E-state index contributed by atoms with van der Waals surface area (Å²) in [4.78, 5) is 8.70. The van der Waals surface area contributed by atoms with E-state index in [9.17, 15) is 5.26 Å². The number of hydrogen-bond donors (Lipinski definition) is 1. The summed E-state index contributed by atoms with van der Waals surface area (Å²) >= 11 is 0. The molecule has 7 nitrogen and oxygen atoms in total. The Bertz CT molecular complexity index is 1210. The van der Waals surface area contributed by atoms with Crippen LogP contribution in [0.5, 0.6) is 0 Å². The number of aryl methyl sites for hydroxylation is 2. The number of hydrogen-bond acceptors (Lipinski definition) is 5. The van der Waals surface area contributed by atoms with Crippen molar-refractivity contribution in [1.82, 2.24) is 24.3 Å². The zero-order valence-corrected chi connectivity index (χ0v) is 15.9. The topological polar surface area (TPSA) is 98.3 Å². The maximum atomic E-state index is 9.73. The Morgan fingerprint density at radius 1 is 1.18 bits per heavy atom. The molecule has 0 fully saturated rings. The van der Waals surface area contributed by atoms with Gasteiger partial charge in [-0.05, 0) is 44.2 Å². The summed E-state index contributed by atoms with van der Waals surface area (Å²) < 4.78 is 3.80. The molecule has 2 N–H and O–H groups in total. The van der Waals surface area contributed by atoms with Crippen molar-refractivity contribution >= 4 is 5.82 Å². The molecule has 0 saturated carbocycles. The highest BCUT2D eigenvalue weighted by Gasteiger charge is 2.20. The lowest BCUT2D eigenvalue weighted by Crippen LogP contribution is -2.03. The highest BCUT2D eigenvalue weighted by atomic mass is 15.3. The molecule has 7 heteroatoms. The quantitative estimate of drug-likeness (QED) is 0.597. The number of nitrogens with two attached hydrogens (primary N) is 1. The maximum Gasteiger partial charge on any atom is 0.142 e. The Morgan fingerprint density at radius 3 is 2.64 bits per heavy atom. The first-order valence-electron chi connectivity index (χ1n) is 8.80. The molecule has 138 valence electrons. The first kappa shape index (κ1) is 17.5. The monoisotopic (exact) mass is 369 g/mol. The van der Waals surface area contributed by atoms with E-state index in [2.05, 4.69) is 21.1 Å². The molecule has 0 aliphatic heterocycles. The van der Waals surface area contributed by atoms with Crippen LogP contribution < -0.4 is 5.73 Å². The minimum absolute atomic E-state index is 0.205. The van der Waals surface area contributed by atoms with Gasteiger partial charge in [0.25, 0.3) is 0 Å². The van der Waals surface area contributed by atoms with Crippen LogP contribution in [0.3, 0.4) is 0 Å². The number of nitrogen functional groups attached to an aromatic ring is 1. The molecule has 0 aliphatic carbocycles. The Kier molecular flexibility index (Phi) is 4.17. The van der Waals surface area contributed by atoms with Crippen LogP contribution in [0.2, 0.25) is 0 Å². The third-order valence-electron chi connectivity index (χ3n) is 4.87. The highest BCUT2D eigenvalue weighted by Crippen LogP contribution is 2.34. The fraction of sp³-hybridized carbons (Fsp3) is 0.143. The van der Waals surface area contributed by atoms with Gasteiger partial charge in [0.2, 0.25) is 0 Å². The number of aromatic nitrogens is 5. The minimum Gasteiger partial charge on any atom is -0.383 e. The van der Waals surface area contributed by atoms with E-state index in [0.717, 1.165) is 33.9 Å². The van der Waals surface area contributed by atoms with Crippen molar-refractivity contribution in [3.63, 3.8) is 0 Å². The van der Waals surface area contributed by atoms with Gasteiger partial charge in [0.05, 0.1) is 29.0 Å². The maximum absolute atomic E-state index is 9.73. The molecule has 4 rings (SSSR count). The van der Waals surface area contributed by atoms with Crippen molar-refractivity contribution in [3.05, 3.63) is 65.9 Å². The van der Waals surface area contributed by atoms with E-state index in [1.165, 1.54) is 0 Å². The SMILES string of the molecule is Cc1nn(C)c(C)c1-c1cc(-c2cccn2-c2cccnc2)c(C#N)c(N)n1. The second-order valence-electron chi connectivity index (χ2n) is 6.57. The first-order chi connectivity index (χ1) is 13.5. The second kappa shape index (κ2) is 6.67. The third-order valence-corrected chi connectivity index (χ3v) is 4.87. The van der Waals surface area contributed by atoms with Crippen molar-refractivity contribution in [1.29, 1.82) is 5.26 Å². The fourth-order valence-electron chi connectivity index (χ4n) is 3.48. The summed E-state index contributed by atoms with van der Waals surface area (Å²) in [6, 6.07) is 11.8. The molecule has 0 atom stereocenters. The molecule has 4 aromatic heterocycles. The molecule has 28 heavy (non-hydrogen) atoms. The third kappa shape index (κ3) is 2.72. The van der Waals surface area contributed by atoms with E-state index in [-0.39, 0.29) is 5.82 Å². The molecule has 4 heterocycles.